The number of carbonyl (C=O) groups is 6. The third-order valence-corrected chi connectivity index (χ3v) is 4.43. The van der Waals surface area contributed by atoms with Gasteiger partial charge >= 0.3 is 17.9 Å². The van der Waals surface area contributed by atoms with E-state index in [1.54, 1.807) is 0 Å². The largest absolute Gasteiger partial charge is 0.481 e. The molecule has 0 aliphatic rings. The van der Waals surface area contributed by atoms with E-state index in [-0.39, 0.29) is 0 Å². The van der Waals surface area contributed by atoms with Crippen molar-refractivity contribution in [3.8, 4) is 0 Å². The molecule has 0 saturated heterocycles. The van der Waals surface area contributed by atoms with E-state index in [0.717, 1.165) is 6.92 Å². The van der Waals surface area contributed by atoms with Crippen LogP contribution >= 0.6 is 0 Å². The van der Waals surface area contributed by atoms with Crippen molar-refractivity contribution in [2.75, 3.05) is 0 Å². The summed E-state index contributed by atoms with van der Waals surface area (Å²) in [4.78, 5) is 70.0. The molecule has 15 heteroatoms. The molecule has 0 aromatic heterocycles. The van der Waals surface area contributed by atoms with Gasteiger partial charge in [-0.3, -0.25) is 24.0 Å². The quantitative estimate of drug-likeness (QED) is 0.110. The van der Waals surface area contributed by atoms with Crippen LogP contribution in [0.15, 0.2) is 0 Å². The van der Waals surface area contributed by atoms with Crippen molar-refractivity contribution < 1.29 is 54.3 Å². The number of carboxylic acid groups (broad SMARTS) is 3. The van der Waals surface area contributed by atoms with Crippen molar-refractivity contribution in [2.24, 2.45) is 5.73 Å². The van der Waals surface area contributed by atoms with Crippen molar-refractivity contribution >= 4 is 35.6 Å². The number of rotatable bonds is 15. The van der Waals surface area contributed by atoms with Crippen LogP contribution in [0.25, 0.3) is 0 Å². The highest BCUT2D eigenvalue weighted by atomic mass is 16.4. The number of carboxylic acids is 3. The Bertz CT molecular complexity index is 741. The predicted molar refractivity (Wildman–Crippen MR) is 109 cm³/mol. The summed E-state index contributed by atoms with van der Waals surface area (Å²) in [6, 6.07) is -6.31. The van der Waals surface area contributed by atoms with Gasteiger partial charge in [0.15, 0.2) is 0 Å². The highest BCUT2D eigenvalue weighted by Gasteiger charge is 2.33. The highest BCUT2D eigenvalue weighted by molar-refractivity contribution is 5.94. The van der Waals surface area contributed by atoms with Crippen LogP contribution in [0, 0.1) is 0 Å². The van der Waals surface area contributed by atoms with Crippen molar-refractivity contribution in [1.29, 1.82) is 0 Å². The normalized spacial score (nSPS) is 16.3. The van der Waals surface area contributed by atoms with Gasteiger partial charge in [-0.05, 0) is 26.7 Å². The van der Waals surface area contributed by atoms with E-state index in [4.69, 9.17) is 21.1 Å². The lowest BCUT2D eigenvalue weighted by atomic mass is 10.1. The zero-order chi connectivity index (χ0) is 25.9. The molecule has 0 aromatic carbocycles. The molecule has 0 bridgehead atoms. The molecule has 0 radical (unpaired) electrons. The third kappa shape index (κ3) is 11.2. The minimum atomic E-state index is -1.72. The Morgan fingerprint density at radius 2 is 1.15 bits per heavy atom. The van der Waals surface area contributed by atoms with E-state index in [1.165, 1.54) is 6.92 Å². The number of aliphatic carboxylic acids is 3. The monoisotopic (exact) mass is 478 g/mol. The molecule has 0 fully saturated rings. The molecule has 3 amide bonds. The molecule has 0 aliphatic carbocycles. The SMILES string of the molecule is CC(O)C(N)C(=O)NC(CCC(=O)O)C(=O)NC(C(=O)NC(CCC(=O)O)C(=O)O)C(C)O. The molecule has 0 rings (SSSR count). The fraction of sp³-hybridized carbons (Fsp3) is 0.667. The summed E-state index contributed by atoms with van der Waals surface area (Å²) in [5, 5.41) is 52.3. The first-order chi connectivity index (χ1) is 15.2. The molecule has 15 nitrogen and oxygen atoms in total. The summed E-state index contributed by atoms with van der Waals surface area (Å²) >= 11 is 0. The van der Waals surface area contributed by atoms with Crippen molar-refractivity contribution in [2.45, 2.75) is 75.9 Å². The molecule has 0 heterocycles. The molecular formula is C18H30N4O11. The van der Waals surface area contributed by atoms with Gasteiger partial charge in [0.25, 0.3) is 0 Å². The van der Waals surface area contributed by atoms with Crippen LogP contribution in [-0.2, 0) is 28.8 Å². The second-order valence-corrected chi connectivity index (χ2v) is 7.32. The first-order valence-corrected chi connectivity index (χ1v) is 9.86. The Morgan fingerprint density at radius 3 is 1.55 bits per heavy atom. The zero-order valence-electron chi connectivity index (χ0n) is 18.1. The second kappa shape index (κ2) is 14.0. The molecule has 0 aliphatic heterocycles. The van der Waals surface area contributed by atoms with E-state index in [2.05, 4.69) is 10.6 Å². The Labute approximate surface area is 188 Å². The lowest BCUT2D eigenvalue weighted by Crippen LogP contribution is -2.60. The van der Waals surface area contributed by atoms with Gasteiger partial charge < -0.3 is 47.2 Å². The third-order valence-electron chi connectivity index (χ3n) is 4.43. The fourth-order valence-corrected chi connectivity index (χ4v) is 2.47. The molecule has 6 atom stereocenters. The molecule has 0 spiro atoms. The van der Waals surface area contributed by atoms with Crippen molar-refractivity contribution in [3.63, 3.8) is 0 Å². The van der Waals surface area contributed by atoms with Gasteiger partial charge in [0.05, 0.1) is 12.2 Å². The smallest absolute Gasteiger partial charge is 0.326 e. The van der Waals surface area contributed by atoms with Crippen LogP contribution in [0.2, 0.25) is 0 Å². The van der Waals surface area contributed by atoms with Gasteiger partial charge in [-0.1, -0.05) is 0 Å². The van der Waals surface area contributed by atoms with E-state index < -0.39 is 97.7 Å². The highest BCUT2D eigenvalue weighted by Crippen LogP contribution is 2.05. The van der Waals surface area contributed by atoms with Gasteiger partial charge in [-0.15, -0.1) is 0 Å². The van der Waals surface area contributed by atoms with E-state index >= 15 is 0 Å². The Morgan fingerprint density at radius 1 is 0.697 bits per heavy atom. The number of amides is 3. The maximum atomic E-state index is 12.6. The zero-order valence-corrected chi connectivity index (χ0v) is 18.1. The standard InChI is InChI=1S/C18H30N4O11/c1-7(23)13(19)16(30)20-9(3-5-11(25)26)15(29)22-14(8(2)24)17(31)21-10(18(32)33)4-6-12(27)28/h7-10,13-14,23-24H,3-6,19H2,1-2H3,(H,20,30)(H,21,31)(H,22,29)(H,25,26)(H,27,28)(H,32,33). The van der Waals surface area contributed by atoms with Gasteiger partial charge in [-0.25, -0.2) is 4.79 Å². The number of nitrogens with two attached hydrogens (primary N) is 1. The van der Waals surface area contributed by atoms with Gasteiger partial charge in [-0.2, -0.15) is 0 Å². The van der Waals surface area contributed by atoms with Gasteiger partial charge in [0.1, 0.15) is 24.2 Å². The summed E-state index contributed by atoms with van der Waals surface area (Å²) in [6.45, 7) is 2.32. The average molecular weight is 478 g/mol. The number of hydrogen-bond acceptors (Lipinski definition) is 9. The number of aliphatic hydroxyl groups excluding tert-OH is 2. The lowest BCUT2D eigenvalue weighted by molar-refractivity contribution is -0.144. The number of carbonyl (C=O) groups excluding carboxylic acids is 3. The Balaban J connectivity index is 5.49. The van der Waals surface area contributed by atoms with Crippen LogP contribution in [0.3, 0.4) is 0 Å². The van der Waals surface area contributed by atoms with Gasteiger partial charge in [0, 0.05) is 12.8 Å². The molecule has 0 aromatic rings. The maximum absolute atomic E-state index is 12.6. The minimum Gasteiger partial charge on any atom is -0.481 e. The van der Waals surface area contributed by atoms with Crippen LogP contribution in [0.1, 0.15) is 39.5 Å². The number of aliphatic hydroxyl groups is 2. The second-order valence-electron chi connectivity index (χ2n) is 7.32. The summed E-state index contributed by atoms with van der Waals surface area (Å²) in [6.07, 6.45) is -4.88. The molecule has 188 valence electrons. The van der Waals surface area contributed by atoms with E-state index in [1.807, 2.05) is 5.32 Å². The van der Waals surface area contributed by atoms with E-state index in [0.29, 0.717) is 0 Å². The molecule has 10 N–H and O–H groups in total. The average Bonchev–Trinajstić information content (AvgIpc) is 2.70. The summed E-state index contributed by atoms with van der Waals surface area (Å²) in [5.74, 6) is -7.36. The minimum absolute atomic E-state index is 0.427. The van der Waals surface area contributed by atoms with Crippen molar-refractivity contribution in [1.82, 2.24) is 16.0 Å². The fourth-order valence-electron chi connectivity index (χ4n) is 2.47. The van der Waals surface area contributed by atoms with Crippen molar-refractivity contribution in [3.05, 3.63) is 0 Å². The molecule has 33 heavy (non-hydrogen) atoms. The first-order valence-electron chi connectivity index (χ1n) is 9.86. The maximum Gasteiger partial charge on any atom is 0.326 e. The van der Waals surface area contributed by atoms with Crippen LogP contribution in [0.4, 0.5) is 0 Å². The first kappa shape index (κ1) is 29.7. The lowest BCUT2D eigenvalue weighted by Gasteiger charge is -2.26. The number of nitrogens with one attached hydrogen (secondary N) is 3. The summed E-state index contributed by atoms with van der Waals surface area (Å²) in [5.41, 5.74) is 5.48. The molecular weight excluding hydrogens is 448 g/mol. The number of hydrogen-bond donors (Lipinski definition) is 9. The molecule has 6 unspecified atom stereocenters. The van der Waals surface area contributed by atoms with Gasteiger partial charge in [0.2, 0.25) is 17.7 Å². The Kier molecular flexibility index (Phi) is 12.6. The van der Waals surface area contributed by atoms with Crippen LogP contribution < -0.4 is 21.7 Å². The van der Waals surface area contributed by atoms with E-state index in [9.17, 15) is 39.0 Å². The summed E-state index contributed by atoms with van der Waals surface area (Å²) < 4.78 is 0. The molecule has 0 saturated carbocycles. The van der Waals surface area contributed by atoms with Crippen LogP contribution in [-0.4, -0.2) is 97.5 Å². The Hall–Kier alpha value is -3.30. The summed E-state index contributed by atoms with van der Waals surface area (Å²) in [7, 11) is 0. The predicted octanol–water partition coefficient (Wildman–Crippen LogP) is -3.66. The topological polar surface area (TPSA) is 266 Å². The van der Waals surface area contributed by atoms with Crippen LogP contribution in [0.5, 0.6) is 0 Å².